The first-order chi connectivity index (χ1) is 17.1. The van der Waals surface area contributed by atoms with Crippen LogP contribution in [0.2, 0.25) is 0 Å². The van der Waals surface area contributed by atoms with Gasteiger partial charge in [0.25, 0.3) is 0 Å². The Balaban J connectivity index is 1.44. The molecule has 35 heavy (non-hydrogen) atoms. The lowest BCUT2D eigenvalue weighted by Gasteiger charge is -2.13. The highest BCUT2D eigenvalue weighted by Crippen LogP contribution is 2.39. The molecule has 1 saturated carbocycles. The van der Waals surface area contributed by atoms with Crippen LogP contribution in [0.15, 0.2) is 60.9 Å². The Morgan fingerprint density at radius 1 is 1.03 bits per heavy atom. The van der Waals surface area contributed by atoms with Gasteiger partial charge >= 0.3 is 0 Å². The highest BCUT2D eigenvalue weighted by atomic mass is 19.1. The van der Waals surface area contributed by atoms with Crippen molar-refractivity contribution in [2.24, 2.45) is 5.73 Å². The first kappa shape index (κ1) is 20.3. The maximum Gasteiger partial charge on any atom is 0.167 e. The summed E-state index contributed by atoms with van der Waals surface area (Å²) >= 11 is 0. The molecular formula is C26H23FN8. The smallest absolute Gasteiger partial charge is 0.167 e. The number of anilines is 1. The van der Waals surface area contributed by atoms with Crippen molar-refractivity contribution >= 4 is 17.0 Å². The average Bonchev–Trinajstić information content (AvgIpc) is 3.36. The third-order valence-electron chi connectivity index (χ3n) is 6.96. The minimum absolute atomic E-state index is 0.289. The Bertz CT molecular complexity index is 1600. The molecule has 174 valence electrons. The molecule has 0 bridgehead atoms. The van der Waals surface area contributed by atoms with E-state index in [-0.39, 0.29) is 6.42 Å². The topological polar surface area (TPSA) is 113 Å². The Morgan fingerprint density at radius 3 is 2.74 bits per heavy atom. The number of imidazole rings is 1. The van der Waals surface area contributed by atoms with Gasteiger partial charge in [-0.05, 0) is 66.4 Å². The summed E-state index contributed by atoms with van der Waals surface area (Å²) in [5.41, 5.74) is 18.0. The number of nitrogens with two attached hydrogens (primary N) is 2. The van der Waals surface area contributed by atoms with Gasteiger partial charge in [0, 0.05) is 30.4 Å². The summed E-state index contributed by atoms with van der Waals surface area (Å²) in [7, 11) is 0. The molecule has 2 aliphatic carbocycles. The molecule has 4 heterocycles. The van der Waals surface area contributed by atoms with Crippen molar-refractivity contribution in [1.29, 1.82) is 0 Å². The normalized spacial score (nSPS) is 19.4. The van der Waals surface area contributed by atoms with Crippen LogP contribution in [0.5, 0.6) is 0 Å². The second kappa shape index (κ2) is 7.44. The summed E-state index contributed by atoms with van der Waals surface area (Å²) in [6, 6.07) is 14.8. The first-order valence-corrected chi connectivity index (χ1v) is 11.8. The van der Waals surface area contributed by atoms with E-state index in [1.54, 1.807) is 10.9 Å². The molecule has 0 radical (unpaired) electrons. The number of halogens is 1. The van der Waals surface area contributed by atoms with Crippen LogP contribution in [-0.4, -0.2) is 35.5 Å². The van der Waals surface area contributed by atoms with Crippen molar-refractivity contribution in [1.82, 2.24) is 29.3 Å². The van der Waals surface area contributed by atoms with Gasteiger partial charge in [0.15, 0.2) is 17.3 Å². The predicted molar refractivity (Wildman–Crippen MR) is 131 cm³/mol. The SMILES string of the molecule is Nc1ncccc1-c1nc2ccc(-n3ccc(C4CC4)n3)nc2n1-c1ccc2c(c1)CC(F)[C@@H]2N. The van der Waals surface area contributed by atoms with Crippen LogP contribution in [0, 0.1) is 0 Å². The summed E-state index contributed by atoms with van der Waals surface area (Å²) in [6.07, 6.45) is 5.17. The van der Waals surface area contributed by atoms with E-state index in [1.165, 1.54) is 12.8 Å². The van der Waals surface area contributed by atoms with E-state index in [2.05, 4.69) is 11.1 Å². The zero-order chi connectivity index (χ0) is 23.7. The fourth-order valence-electron chi connectivity index (χ4n) is 4.93. The maximum absolute atomic E-state index is 14.3. The third kappa shape index (κ3) is 3.23. The molecular weight excluding hydrogens is 443 g/mol. The van der Waals surface area contributed by atoms with E-state index in [0.29, 0.717) is 40.1 Å². The van der Waals surface area contributed by atoms with E-state index in [0.717, 1.165) is 22.5 Å². The molecule has 2 atom stereocenters. The number of fused-ring (bicyclic) bond motifs is 2. The number of aromatic nitrogens is 6. The molecule has 1 unspecified atom stereocenters. The molecule has 0 amide bonds. The predicted octanol–water partition coefficient (Wildman–Crippen LogP) is 4.02. The summed E-state index contributed by atoms with van der Waals surface area (Å²) in [6.45, 7) is 0. The van der Waals surface area contributed by atoms with Crippen molar-refractivity contribution in [3.63, 3.8) is 0 Å². The van der Waals surface area contributed by atoms with Crippen molar-refractivity contribution < 1.29 is 4.39 Å². The second-order valence-electron chi connectivity index (χ2n) is 9.31. The number of nitrogen functional groups attached to an aromatic ring is 1. The van der Waals surface area contributed by atoms with Gasteiger partial charge in [0.1, 0.15) is 17.5 Å². The molecule has 7 rings (SSSR count). The molecule has 2 aliphatic rings. The minimum atomic E-state index is -1.08. The number of hydrogen-bond donors (Lipinski definition) is 2. The molecule has 4 aromatic heterocycles. The quantitative estimate of drug-likeness (QED) is 0.414. The fourth-order valence-corrected chi connectivity index (χ4v) is 4.93. The number of pyridine rings is 2. The van der Waals surface area contributed by atoms with Gasteiger partial charge in [-0.25, -0.2) is 24.0 Å². The Labute approximate surface area is 200 Å². The van der Waals surface area contributed by atoms with Gasteiger partial charge in [-0.15, -0.1) is 0 Å². The van der Waals surface area contributed by atoms with Gasteiger partial charge < -0.3 is 11.5 Å². The molecule has 5 aromatic rings. The van der Waals surface area contributed by atoms with Crippen molar-refractivity contribution in [2.75, 3.05) is 5.73 Å². The molecule has 1 fully saturated rings. The van der Waals surface area contributed by atoms with Crippen molar-refractivity contribution in [3.05, 3.63) is 77.7 Å². The second-order valence-corrected chi connectivity index (χ2v) is 9.31. The van der Waals surface area contributed by atoms with Gasteiger partial charge in [-0.1, -0.05) is 6.07 Å². The third-order valence-corrected chi connectivity index (χ3v) is 6.96. The fraction of sp³-hybridized carbons (Fsp3) is 0.231. The molecule has 4 N–H and O–H groups in total. The van der Waals surface area contributed by atoms with Gasteiger partial charge in [0.05, 0.1) is 17.3 Å². The highest BCUT2D eigenvalue weighted by molar-refractivity contribution is 5.83. The zero-order valence-corrected chi connectivity index (χ0v) is 18.8. The van der Waals surface area contributed by atoms with E-state index in [9.17, 15) is 4.39 Å². The van der Waals surface area contributed by atoms with Crippen molar-refractivity contribution in [3.8, 4) is 22.9 Å². The van der Waals surface area contributed by atoms with Gasteiger partial charge in [0.2, 0.25) is 0 Å². The van der Waals surface area contributed by atoms with Gasteiger partial charge in [-0.3, -0.25) is 4.57 Å². The minimum Gasteiger partial charge on any atom is -0.383 e. The van der Waals surface area contributed by atoms with Crippen LogP contribution in [0.25, 0.3) is 34.1 Å². The summed E-state index contributed by atoms with van der Waals surface area (Å²) in [5.74, 6) is 2.25. The Morgan fingerprint density at radius 2 is 1.91 bits per heavy atom. The summed E-state index contributed by atoms with van der Waals surface area (Å²) in [4.78, 5) is 14.1. The lowest BCUT2D eigenvalue weighted by Crippen LogP contribution is -2.17. The molecule has 0 aliphatic heterocycles. The van der Waals surface area contributed by atoms with Crippen LogP contribution in [0.1, 0.15) is 41.6 Å². The summed E-state index contributed by atoms with van der Waals surface area (Å²) in [5, 5.41) is 4.73. The van der Waals surface area contributed by atoms with Gasteiger partial charge in [-0.2, -0.15) is 5.10 Å². The monoisotopic (exact) mass is 466 g/mol. The average molecular weight is 467 g/mol. The number of hydrogen-bond acceptors (Lipinski definition) is 6. The number of alkyl halides is 1. The van der Waals surface area contributed by atoms with Crippen LogP contribution in [0.4, 0.5) is 10.2 Å². The molecule has 8 nitrogen and oxygen atoms in total. The number of benzene rings is 1. The van der Waals surface area contributed by atoms with E-state index < -0.39 is 12.2 Å². The van der Waals surface area contributed by atoms with Crippen LogP contribution in [0.3, 0.4) is 0 Å². The molecule has 0 saturated heterocycles. The molecule has 9 heteroatoms. The summed E-state index contributed by atoms with van der Waals surface area (Å²) < 4.78 is 18.1. The van der Waals surface area contributed by atoms with Crippen LogP contribution in [-0.2, 0) is 6.42 Å². The maximum atomic E-state index is 14.3. The molecule has 1 aromatic carbocycles. The van der Waals surface area contributed by atoms with Crippen molar-refractivity contribution in [2.45, 2.75) is 37.4 Å². The zero-order valence-electron chi connectivity index (χ0n) is 18.8. The number of rotatable bonds is 4. The van der Waals surface area contributed by atoms with E-state index >= 15 is 0 Å². The van der Waals surface area contributed by atoms with E-state index in [4.69, 9.17) is 26.5 Å². The number of nitrogens with zero attached hydrogens (tertiary/aromatic N) is 6. The Kier molecular flexibility index (Phi) is 4.31. The van der Waals surface area contributed by atoms with Crippen LogP contribution < -0.4 is 11.5 Å². The Hall–Kier alpha value is -4.11. The largest absolute Gasteiger partial charge is 0.383 e. The standard InChI is InChI=1S/C26H23FN8/c27-19-13-15-12-16(5-6-17(15)23(19)28)35-25(18-2-1-10-30-24(18)29)31-21-7-8-22(32-26(21)35)34-11-9-20(33-34)14-3-4-14/h1-2,5-12,14,19,23H,3-4,13,28H2,(H2,29,30)/t19?,23-/m1/s1. The van der Waals surface area contributed by atoms with Crippen LogP contribution >= 0.6 is 0 Å². The van der Waals surface area contributed by atoms with E-state index in [1.807, 2.05) is 53.2 Å². The first-order valence-electron chi connectivity index (χ1n) is 11.8. The lowest BCUT2D eigenvalue weighted by molar-refractivity contribution is 0.303. The highest BCUT2D eigenvalue weighted by Gasteiger charge is 2.30. The molecule has 0 spiro atoms. The lowest BCUT2D eigenvalue weighted by atomic mass is 10.1.